The van der Waals surface area contributed by atoms with Crippen LogP contribution in [0.2, 0.25) is 0 Å². The molecule has 12 heteroatoms. The Morgan fingerprint density at radius 1 is 1.11 bits per heavy atom. The third-order valence-electron chi connectivity index (χ3n) is 8.94. The van der Waals surface area contributed by atoms with E-state index in [9.17, 15) is 23.1 Å². The molecule has 230 valence electrons. The van der Waals surface area contributed by atoms with Gasteiger partial charge in [0.25, 0.3) is 0 Å². The third kappa shape index (κ3) is 5.86. The highest BCUT2D eigenvalue weighted by atomic mass is 19.4. The number of piperidine rings is 1. The van der Waals surface area contributed by atoms with Crippen LogP contribution in [-0.2, 0) is 4.79 Å². The molecule has 0 amide bonds. The molecule has 2 aliphatic heterocycles. The summed E-state index contributed by atoms with van der Waals surface area (Å²) in [7, 11) is 0. The average molecular weight is 607 g/mol. The molecule has 1 spiro atoms. The molecule has 2 aromatic heterocycles. The highest BCUT2D eigenvalue weighted by molar-refractivity contribution is 5.84. The number of carboxylic acids is 1. The van der Waals surface area contributed by atoms with Crippen LogP contribution in [0.15, 0.2) is 66.9 Å². The van der Waals surface area contributed by atoms with Crippen molar-refractivity contribution in [2.45, 2.75) is 57.0 Å². The number of ether oxygens (including phenoxy) is 1. The van der Waals surface area contributed by atoms with Crippen LogP contribution in [0.25, 0.3) is 22.0 Å². The molecule has 2 fully saturated rings. The predicted molar refractivity (Wildman–Crippen MR) is 160 cm³/mol. The normalized spacial score (nSPS) is 20.6. The number of pyridine rings is 1. The fourth-order valence-corrected chi connectivity index (χ4v) is 6.66. The van der Waals surface area contributed by atoms with Crippen LogP contribution in [0.1, 0.15) is 44.3 Å². The number of hydrogen-bond donors (Lipinski definition) is 3. The van der Waals surface area contributed by atoms with E-state index in [0.717, 1.165) is 28.5 Å². The van der Waals surface area contributed by atoms with Crippen LogP contribution in [0, 0.1) is 5.41 Å². The molecule has 0 aliphatic carbocycles. The number of carboxylic acid groups (broad SMARTS) is 1. The Morgan fingerprint density at radius 3 is 2.52 bits per heavy atom. The molecular formula is C32H33F3N6O3. The van der Waals surface area contributed by atoms with Gasteiger partial charge in [0.2, 0.25) is 17.9 Å². The second kappa shape index (κ2) is 11.6. The first-order valence-electron chi connectivity index (χ1n) is 14.6. The van der Waals surface area contributed by atoms with Gasteiger partial charge in [0.1, 0.15) is 11.9 Å². The maximum absolute atomic E-state index is 14.3. The summed E-state index contributed by atoms with van der Waals surface area (Å²) in [5.74, 6) is -0.955. The molecule has 2 aliphatic rings. The van der Waals surface area contributed by atoms with Crippen LogP contribution in [0.3, 0.4) is 0 Å². The molecule has 6 rings (SSSR count). The Morgan fingerprint density at radius 2 is 1.84 bits per heavy atom. The van der Waals surface area contributed by atoms with Crippen molar-refractivity contribution in [3.63, 3.8) is 0 Å². The summed E-state index contributed by atoms with van der Waals surface area (Å²) in [4.78, 5) is 26.2. The molecule has 3 atom stereocenters. The van der Waals surface area contributed by atoms with Gasteiger partial charge in [-0.2, -0.15) is 23.1 Å². The van der Waals surface area contributed by atoms with Crippen molar-refractivity contribution in [1.82, 2.24) is 20.3 Å². The zero-order valence-corrected chi connectivity index (χ0v) is 24.1. The lowest BCUT2D eigenvalue weighted by molar-refractivity contribution is -0.198. The molecule has 2 aromatic carbocycles. The summed E-state index contributed by atoms with van der Waals surface area (Å²) in [6.07, 6.45) is -2.53. The largest absolute Gasteiger partial charge is 0.480 e. The molecular weight excluding hydrogens is 573 g/mol. The molecule has 44 heavy (non-hydrogen) atoms. The maximum Gasteiger partial charge on any atom is 0.429 e. The number of carbonyl (C=O) groups is 1. The lowest BCUT2D eigenvalue weighted by Gasteiger charge is -2.43. The minimum absolute atomic E-state index is 0.0777. The summed E-state index contributed by atoms with van der Waals surface area (Å²) < 4.78 is 48.4. The number of benzene rings is 2. The molecule has 0 radical (unpaired) electrons. The average Bonchev–Trinajstić information content (AvgIpc) is 3.37. The summed E-state index contributed by atoms with van der Waals surface area (Å²) in [6.45, 7) is 3.14. The Kier molecular flexibility index (Phi) is 7.79. The number of halogens is 3. The van der Waals surface area contributed by atoms with Crippen LogP contribution < -0.4 is 20.7 Å². The number of fused-ring (bicyclic) bond motifs is 1. The Labute approximate surface area is 252 Å². The topological polar surface area (TPSA) is 126 Å². The third-order valence-corrected chi connectivity index (χ3v) is 8.94. The van der Waals surface area contributed by atoms with Gasteiger partial charge in [-0.3, -0.25) is 9.78 Å². The number of aromatic nitrogens is 3. The molecule has 4 heterocycles. The maximum atomic E-state index is 14.3. The number of anilines is 2. The second-order valence-corrected chi connectivity index (χ2v) is 11.6. The van der Waals surface area contributed by atoms with Crippen LogP contribution in [-0.4, -0.2) is 57.4 Å². The van der Waals surface area contributed by atoms with E-state index < -0.39 is 24.3 Å². The van der Waals surface area contributed by atoms with Crippen molar-refractivity contribution in [3.05, 3.63) is 72.4 Å². The minimum Gasteiger partial charge on any atom is -0.480 e. The van der Waals surface area contributed by atoms with Gasteiger partial charge in [0, 0.05) is 42.3 Å². The number of alkyl halides is 3. The number of nitrogens with zero attached hydrogens (tertiary/aromatic N) is 4. The fraction of sp³-hybridized carbons (Fsp3) is 0.375. The van der Waals surface area contributed by atoms with Gasteiger partial charge in [0.15, 0.2) is 0 Å². The number of aliphatic carboxylic acids is 1. The van der Waals surface area contributed by atoms with E-state index in [1.165, 1.54) is 18.2 Å². The van der Waals surface area contributed by atoms with Gasteiger partial charge in [-0.05, 0) is 54.4 Å². The van der Waals surface area contributed by atoms with Gasteiger partial charge >= 0.3 is 12.1 Å². The Balaban J connectivity index is 1.20. The highest BCUT2D eigenvalue weighted by Crippen LogP contribution is 2.46. The molecule has 4 aromatic rings. The van der Waals surface area contributed by atoms with Gasteiger partial charge in [0.05, 0.1) is 5.52 Å². The summed E-state index contributed by atoms with van der Waals surface area (Å²) >= 11 is 0. The van der Waals surface area contributed by atoms with Crippen molar-refractivity contribution in [1.29, 1.82) is 0 Å². The van der Waals surface area contributed by atoms with Gasteiger partial charge in [-0.25, -0.2) is 0 Å². The van der Waals surface area contributed by atoms with Crippen LogP contribution >= 0.6 is 0 Å². The van der Waals surface area contributed by atoms with Crippen molar-refractivity contribution in [2.75, 3.05) is 23.7 Å². The van der Waals surface area contributed by atoms with Gasteiger partial charge in [-0.1, -0.05) is 49.4 Å². The Hall–Kier alpha value is -4.45. The number of nitrogens with one attached hydrogen (secondary N) is 1. The lowest BCUT2D eigenvalue weighted by atomic mass is 9.71. The number of nitrogens with two attached hydrogens (primary N) is 1. The van der Waals surface area contributed by atoms with Crippen molar-refractivity contribution in [2.24, 2.45) is 5.41 Å². The van der Waals surface area contributed by atoms with Gasteiger partial charge in [-0.15, -0.1) is 0 Å². The number of nitrogen functional groups attached to an aromatic ring is 1. The lowest BCUT2D eigenvalue weighted by Crippen LogP contribution is -2.46. The first kappa shape index (κ1) is 29.6. The predicted octanol–water partition coefficient (Wildman–Crippen LogP) is 5.77. The first-order valence-corrected chi connectivity index (χ1v) is 14.6. The van der Waals surface area contributed by atoms with Crippen molar-refractivity contribution in [3.8, 4) is 17.0 Å². The van der Waals surface area contributed by atoms with Gasteiger partial charge < -0.3 is 25.8 Å². The van der Waals surface area contributed by atoms with Crippen LogP contribution in [0.5, 0.6) is 5.88 Å². The summed E-state index contributed by atoms with van der Waals surface area (Å²) in [5.41, 5.74) is 8.07. The molecule has 2 unspecified atom stereocenters. The van der Waals surface area contributed by atoms with Crippen molar-refractivity contribution < 1.29 is 27.8 Å². The van der Waals surface area contributed by atoms with E-state index >= 15 is 0 Å². The van der Waals surface area contributed by atoms with E-state index in [0.29, 0.717) is 38.2 Å². The number of rotatable bonds is 7. The fourth-order valence-electron chi connectivity index (χ4n) is 6.66. The van der Waals surface area contributed by atoms with E-state index in [1.54, 1.807) is 18.3 Å². The van der Waals surface area contributed by atoms with Crippen molar-refractivity contribution >= 4 is 28.6 Å². The minimum atomic E-state index is -4.73. The Bertz CT molecular complexity index is 1660. The highest BCUT2D eigenvalue weighted by Gasteiger charge is 2.50. The van der Waals surface area contributed by atoms with Crippen LogP contribution in [0.4, 0.5) is 24.9 Å². The SMILES string of the molecule is CCC1NC(C(=O)O)CC12CCN(c1cc(O[C@H](c3ccc(-c4ccc5cccnc5c4)cc3)C(F)(F)F)nc(N)n1)CC2. The molecule has 4 N–H and O–H groups in total. The zero-order chi connectivity index (χ0) is 31.1. The van der Waals surface area contributed by atoms with E-state index in [4.69, 9.17) is 10.5 Å². The van der Waals surface area contributed by atoms with E-state index in [-0.39, 0.29) is 28.8 Å². The molecule has 2 saturated heterocycles. The zero-order valence-electron chi connectivity index (χ0n) is 24.1. The smallest absolute Gasteiger partial charge is 0.429 e. The quantitative estimate of drug-likeness (QED) is 0.240. The van der Waals surface area contributed by atoms with E-state index in [1.807, 2.05) is 42.2 Å². The second-order valence-electron chi connectivity index (χ2n) is 11.6. The molecule has 0 bridgehead atoms. The summed E-state index contributed by atoms with van der Waals surface area (Å²) in [6, 6.07) is 16.4. The number of hydrogen-bond acceptors (Lipinski definition) is 8. The summed E-state index contributed by atoms with van der Waals surface area (Å²) in [5, 5.41) is 13.8. The first-order chi connectivity index (χ1) is 21.0. The molecule has 0 saturated carbocycles. The van der Waals surface area contributed by atoms with E-state index in [2.05, 4.69) is 20.3 Å². The standard InChI is InChI=1S/C32H33F3N6O3/c1-2-25-31(18-24(38-25)29(42)43)11-14-41(15-12-31)26-17-27(40-30(36)39-26)44-28(32(33,34)35)21-8-5-19(6-9-21)22-10-7-20-4-3-13-37-23(20)16-22/h3-10,13,16-17,24-25,28,38H,2,11-12,14-15,18H2,1H3,(H,42,43)(H2,36,39,40)/t24?,25?,28-/m1/s1. The molecule has 9 nitrogen and oxygen atoms in total. The monoisotopic (exact) mass is 606 g/mol.